The van der Waals surface area contributed by atoms with Crippen LogP contribution in [0.4, 0.5) is 11.4 Å². The Labute approximate surface area is 127 Å². The first-order chi connectivity index (χ1) is 10.3. The third kappa shape index (κ3) is 2.35. The van der Waals surface area contributed by atoms with Crippen molar-refractivity contribution in [3.05, 3.63) is 46.5 Å². The molecule has 0 bridgehead atoms. The highest BCUT2D eigenvalue weighted by atomic mass is 16.4. The van der Waals surface area contributed by atoms with Crippen LogP contribution < -0.4 is 11.5 Å². The number of nitrogens with two attached hydrogens (primary N) is 2. The zero-order valence-electron chi connectivity index (χ0n) is 12.2. The molecular formula is C16H16N2O4. The van der Waals surface area contributed by atoms with Crippen LogP contribution in [0.15, 0.2) is 24.3 Å². The number of carboxylic acid groups (broad SMARTS) is 2. The number of nitrogen functional groups attached to an aromatic ring is 2. The second-order valence-corrected chi connectivity index (χ2v) is 5.05. The first-order valence-electron chi connectivity index (χ1n) is 6.50. The van der Waals surface area contributed by atoms with Gasteiger partial charge in [-0.25, -0.2) is 9.59 Å². The van der Waals surface area contributed by atoms with Gasteiger partial charge in [0, 0.05) is 11.1 Å². The standard InChI is InChI=1S/C16H16N2O4/c1-7-3-5-9(15(19)20)13(17)11(7)12-8(2)4-6-10(14(12)18)16(21)22/h3-6H,17-18H2,1-2H3,(H,19,20)(H,21,22). The van der Waals surface area contributed by atoms with E-state index in [1.807, 2.05) is 0 Å². The monoisotopic (exact) mass is 300 g/mol. The summed E-state index contributed by atoms with van der Waals surface area (Å²) in [6.45, 7) is 3.54. The topological polar surface area (TPSA) is 127 Å². The first-order valence-corrected chi connectivity index (χ1v) is 6.50. The summed E-state index contributed by atoms with van der Waals surface area (Å²) >= 11 is 0. The van der Waals surface area contributed by atoms with Crippen molar-refractivity contribution in [2.24, 2.45) is 0 Å². The van der Waals surface area contributed by atoms with Crippen molar-refractivity contribution in [1.29, 1.82) is 0 Å². The molecule has 2 rings (SSSR count). The van der Waals surface area contributed by atoms with Crippen molar-refractivity contribution in [2.75, 3.05) is 11.5 Å². The molecule has 0 spiro atoms. The Balaban J connectivity index is 2.88. The van der Waals surface area contributed by atoms with Gasteiger partial charge in [-0.05, 0) is 37.1 Å². The van der Waals surface area contributed by atoms with Gasteiger partial charge in [0.05, 0.1) is 22.5 Å². The van der Waals surface area contributed by atoms with E-state index >= 15 is 0 Å². The molecule has 114 valence electrons. The highest BCUT2D eigenvalue weighted by Gasteiger charge is 2.21. The number of rotatable bonds is 3. The van der Waals surface area contributed by atoms with Gasteiger partial charge in [0.1, 0.15) is 0 Å². The molecule has 0 radical (unpaired) electrons. The van der Waals surface area contributed by atoms with Crippen molar-refractivity contribution in [3.8, 4) is 11.1 Å². The summed E-state index contributed by atoms with van der Waals surface area (Å²) in [6, 6.07) is 6.09. The highest BCUT2D eigenvalue weighted by Crippen LogP contribution is 2.39. The molecule has 0 aliphatic rings. The highest BCUT2D eigenvalue weighted by molar-refractivity contribution is 6.04. The molecule has 0 heterocycles. The lowest BCUT2D eigenvalue weighted by Crippen LogP contribution is -2.09. The van der Waals surface area contributed by atoms with Crippen molar-refractivity contribution < 1.29 is 19.8 Å². The molecule has 0 unspecified atom stereocenters. The van der Waals surface area contributed by atoms with E-state index in [-0.39, 0.29) is 22.5 Å². The van der Waals surface area contributed by atoms with Crippen molar-refractivity contribution in [3.63, 3.8) is 0 Å². The largest absolute Gasteiger partial charge is 0.478 e. The maximum atomic E-state index is 11.3. The molecule has 6 heteroatoms. The lowest BCUT2D eigenvalue weighted by Gasteiger charge is -2.17. The Hall–Kier alpha value is -3.02. The minimum absolute atomic E-state index is 0.0415. The van der Waals surface area contributed by atoms with Crippen molar-refractivity contribution >= 4 is 23.3 Å². The maximum Gasteiger partial charge on any atom is 0.337 e. The second-order valence-electron chi connectivity index (χ2n) is 5.05. The molecule has 0 saturated carbocycles. The number of carbonyl (C=O) groups is 2. The first kappa shape index (κ1) is 15.4. The molecule has 0 fully saturated rings. The van der Waals surface area contributed by atoms with Crippen LogP contribution >= 0.6 is 0 Å². The zero-order chi connectivity index (χ0) is 16.6. The number of aryl methyl sites for hydroxylation is 2. The predicted molar refractivity (Wildman–Crippen MR) is 84.1 cm³/mol. The Bertz CT molecular complexity index is 730. The van der Waals surface area contributed by atoms with Crippen LogP contribution in [-0.2, 0) is 0 Å². The van der Waals surface area contributed by atoms with E-state index < -0.39 is 11.9 Å². The molecular weight excluding hydrogens is 284 g/mol. The van der Waals surface area contributed by atoms with Gasteiger partial charge in [-0.2, -0.15) is 0 Å². The number of hydrogen-bond donors (Lipinski definition) is 4. The summed E-state index contributed by atoms with van der Waals surface area (Å²) < 4.78 is 0. The smallest absolute Gasteiger partial charge is 0.337 e. The SMILES string of the molecule is Cc1ccc(C(=O)O)c(N)c1-c1c(C)ccc(C(=O)O)c1N. The molecule has 0 aromatic heterocycles. The molecule has 0 saturated heterocycles. The summed E-state index contributed by atoms with van der Waals surface area (Å²) in [4.78, 5) is 22.5. The van der Waals surface area contributed by atoms with E-state index in [0.717, 1.165) is 11.1 Å². The lowest BCUT2D eigenvalue weighted by atomic mass is 9.90. The number of benzene rings is 2. The van der Waals surface area contributed by atoms with Gasteiger partial charge in [-0.15, -0.1) is 0 Å². The van der Waals surface area contributed by atoms with E-state index in [2.05, 4.69) is 0 Å². The predicted octanol–water partition coefficient (Wildman–Crippen LogP) is 2.53. The van der Waals surface area contributed by atoms with E-state index in [9.17, 15) is 19.8 Å². The van der Waals surface area contributed by atoms with Crippen LogP contribution in [-0.4, -0.2) is 22.2 Å². The third-order valence-corrected chi connectivity index (χ3v) is 3.62. The minimum atomic E-state index is -1.15. The van der Waals surface area contributed by atoms with Crippen molar-refractivity contribution in [1.82, 2.24) is 0 Å². The Morgan fingerprint density at radius 2 is 1.09 bits per heavy atom. The summed E-state index contributed by atoms with van der Waals surface area (Å²) in [6.07, 6.45) is 0. The molecule has 6 nitrogen and oxygen atoms in total. The van der Waals surface area contributed by atoms with Crippen LogP contribution in [0.5, 0.6) is 0 Å². The van der Waals surface area contributed by atoms with Crippen LogP contribution in [0.2, 0.25) is 0 Å². The van der Waals surface area contributed by atoms with E-state index in [0.29, 0.717) is 11.1 Å². The van der Waals surface area contributed by atoms with Gasteiger partial charge >= 0.3 is 11.9 Å². The average molecular weight is 300 g/mol. The van der Waals surface area contributed by atoms with E-state index in [4.69, 9.17) is 11.5 Å². The zero-order valence-corrected chi connectivity index (χ0v) is 12.2. The number of hydrogen-bond acceptors (Lipinski definition) is 4. The molecule has 0 aliphatic heterocycles. The van der Waals surface area contributed by atoms with Gasteiger partial charge in [-0.1, -0.05) is 12.1 Å². The second kappa shape index (κ2) is 5.40. The van der Waals surface area contributed by atoms with E-state index in [1.54, 1.807) is 26.0 Å². The summed E-state index contributed by atoms with van der Waals surface area (Å²) in [5.74, 6) is -2.30. The van der Waals surface area contributed by atoms with Gasteiger partial charge in [-0.3, -0.25) is 0 Å². The third-order valence-electron chi connectivity index (χ3n) is 3.62. The number of aromatic carboxylic acids is 2. The molecule has 0 atom stereocenters. The Morgan fingerprint density at radius 3 is 1.36 bits per heavy atom. The molecule has 0 aliphatic carbocycles. The summed E-state index contributed by atoms with van der Waals surface area (Å²) in [7, 11) is 0. The summed E-state index contributed by atoms with van der Waals surface area (Å²) in [5.41, 5.74) is 14.4. The molecule has 2 aromatic rings. The Morgan fingerprint density at radius 1 is 0.773 bits per heavy atom. The average Bonchev–Trinajstić information content (AvgIpc) is 2.41. The van der Waals surface area contributed by atoms with Gasteiger partial charge < -0.3 is 21.7 Å². The van der Waals surface area contributed by atoms with Crippen LogP contribution in [0.25, 0.3) is 11.1 Å². The fourth-order valence-electron chi connectivity index (χ4n) is 2.49. The molecule has 2 aromatic carbocycles. The van der Waals surface area contributed by atoms with Gasteiger partial charge in [0.15, 0.2) is 0 Å². The van der Waals surface area contributed by atoms with Crippen LogP contribution in [0.3, 0.4) is 0 Å². The van der Waals surface area contributed by atoms with Crippen molar-refractivity contribution in [2.45, 2.75) is 13.8 Å². The number of anilines is 2. The molecule has 0 amide bonds. The summed E-state index contributed by atoms with van der Waals surface area (Å²) in [5, 5.41) is 18.4. The quantitative estimate of drug-likeness (QED) is 0.645. The normalized spacial score (nSPS) is 10.5. The fraction of sp³-hybridized carbons (Fsp3) is 0.125. The number of carboxylic acids is 2. The van der Waals surface area contributed by atoms with Gasteiger partial charge in [0.2, 0.25) is 0 Å². The molecule has 22 heavy (non-hydrogen) atoms. The minimum Gasteiger partial charge on any atom is -0.478 e. The fourth-order valence-corrected chi connectivity index (χ4v) is 2.49. The Kier molecular flexibility index (Phi) is 3.77. The molecule has 6 N–H and O–H groups in total. The maximum absolute atomic E-state index is 11.3. The van der Waals surface area contributed by atoms with Crippen LogP contribution in [0, 0.1) is 13.8 Å². The van der Waals surface area contributed by atoms with Gasteiger partial charge in [0.25, 0.3) is 0 Å². The van der Waals surface area contributed by atoms with E-state index in [1.165, 1.54) is 12.1 Å². The lowest BCUT2D eigenvalue weighted by molar-refractivity contribution is 0.0687. The van der Waals surface area contributed by atoms with Crippen LogP contribution in [0.1, 0.15) is 31.8 Å².